The van der Waals surface area contributed by atoms with E-state index in [4.69, 9.17) is 26.6 Å². The van der Waals surface area contributed by atoms with Crippen LogP contribution in [0.5, 0.6) is 11.5 Å². The number of hydrogen-bond donors (Lipinski definition) is 4. The first-order valence-electron chi connectivity index (χ1n) is 6.27. The van der Waals surface area contributed by atoms with Crippen LogP contribution in [0, 0.1) is 16.7 Å². The van der Waals surface area contributed by atoms with Gasteiger partial charge in [0, 0.05) is 6.42 Å². The fraction of sp³-hybridized carbons (Fsp3) is 0.125. The molecule has 0 unspecified atom stereocenters. The van der Waals surface area contributed by atoms with E-state index in [0.29, 0.717) is 12.8 Å². The fourth-order valence-corrected chi connectivity index (χ4v) is 1.54. The minimum absolute atomic E-state index is 0. The summed E-state index contributed by atoms with van der Waals surface area (Å²) in [5.41, 5.74) is 7.05. The molecule has 2 aromatic carbocycles. The van der Waals surface area contributed by atoms with E-state index in [1.54, 1.807) is 48.5 Å². The summed E-state index contributed by atoms with van der Waals surface area (Å²) in [6, 6.07) is 15.3. The Bertz CT molecular complexity index is 619. The molecule has 2 rings (SSSR count). The first-order valence-corrected chi connectivity index (χ1v) is 6.27. The molecular formula is C16H18ClN3O2. The van der Waals surface area contributed by atoms with E-state index in [-0.39, 0.29) is 29.7 Å². The Hall–Kier alpha value is -2.71. The normalized spacial score (nSPS) is 8.68. The summed E-state index contributed by atoms with van der Waals surface area (Å²) in [4.78, 5) is 0. The van der Waals surface area contributed by atoms with E-state index in [1.165, 1.54) is 0 Å². The molecule has 6 heteroatoms. The molecular weight excluding hydrogens is 302 g/mol. The molecule has 0 aliphatic rings. The molecule has 0 aliphatic carbocycles. The highest BCUT2D eigenvalue weighted by Gasteiger charge is 1.94. The van der Waals surface area contributed by atoms with Crippen molar-refractivity contribution in [2.45, 2.75) is 12.8 Å². The van der Waals surface area contributed by atoms with E-state index in [1.807, 2.05) is 6.07 Å². The topological polar surface area (TPSA) is 114 Å². The van der Waals surface area contributed by atoms with E-state index < -0.39 is 0 Å². The summed E-state index contributed by atoms with van der Waals surface area (Å²) in [7, 11) is 0. The number of rotatable bonds is 3. The molecule has 0 radical (unpaired) electrons. The second kappa shape index (κ2) is 10.1. The highest BCUT2D eigenvalue weighted by atomic mass is 35.5. The van der Waals surface area contributed by atoms with Gasteiger partial charge in [-0.25, -0.2) is 0 Å². The van der Waals surface area contributed by atoms with Crippen molar-refractivity contribution >= 4 is 18.2 Å². The maximum Gasteiger partial charge on any atom is 0.115 e. The summed E-state index contributed by atoms with van der Waals surface area (Å²) in [6.45, 7) is 0. The summed E-state index contributed by atoms with van der Waals surface area (Å²) in [6.07, 6.45) is 0.848. The lowest BCUT2D eigenvalue weighted by Crippen LogP contribution is -2.12. The highest BCUT2D eigenvalue weighted by Crippen LogP contribution is 2.10. The van der Waals surface area contributed by atoms with Crippen LogP contribution in [0.3, 0.4) is 0 Å². The van der Waals surface area contributed by atoms with Crippen LogP contribution in [0.2, 0.25) is 0 Å². The molecule has 2 aromatic rings. The zero-order valence-electron chi connectivity index (χ0n) is 11.9. The lowest BCUT2D eigenvalue weighted by molar-refractivity contribution is 0.474. The van der Waals surface area contributed by atoms with E-state index in [9.17, 15) is 0 Å². The summed E-state index contributed by atoms with van der Waals surface area (Å²) in [5, 5.41) is 33.0. The minimum Gasteiger partial charge on any atom is -0.508 e. The van der Waals surface area contributed by atoms with E-state index in [0.717, 1.165) is 11.1 Å². The van der Waals surface area contributed by atoms with Crippen molar-refractivity contribution in [3.8, 4) is 17.6 Å². The molecule has 0 amide bonds. The maximum absolute atomic E-state index is 8.91. The van der Waals surface area contributed by atoms with Gasteiger partial charge < -0.3 is 15.9 Å². The number of amidine groups is 1. The van der Waals surface area contributed by atoms with Crippen molar-refractivity contribution in [2.75, 3.05) is 0 Å². The van der Waals surface area contributed by atoms with Gasteiger partial charge in [0.25, 0.3) is 0 Å². The van der Waals surface area contributed by atoms with Crippen LogP contribution in [0.4, 0.5) is 0 Å². The van der Waals surface area contributed by atoms with Crippen LogP contribution in [0.25, 0.3) is 0 Å². The van der Waals surface area contributed by atoms with Gasteiger partial charge in [0.1, 0.15) is 11.5 Å². The zero-order chi connectivity index (χ0) is 15.7. The van der Waals surface area contributed by atoms with Gasteiger partial charge in [-0.3, -0.25) is 5.41 Å². The van der Waals surface area contributed by atoms with E-state index in [2.05, 4.69) is 0 Å². The van der Waals surface area contributed by atoms with Crippen LogP contribution in [-0.4, -0.2) is 16.0 Å². The first kappa shape index (κ1) is 19.3. The SMILES string of the molecule is Cl.N#CCc1ccc(O)cc1.N=C(N)Cc1ccc(O)cc1. The number of nitriles is 1. The molecule has 5 N–H and O–H groups in total. The number of phenols is 2. The number of aromatic hydroxyl groups is 2. The van der Waals surface area contributed by atoms with Gasteiger partial charge in [-0.1, -0.05) is 24.3 Å². The molecule has 0 heterocycles. The molecule has 5 nitrogen and oxygen atoms in total. The largest absolute Gasteiger partial charge is 0.508 e. The molecule has 0 aromatic heterocycles. The molecule has 22 heavy (non-hydrogen) atoms. The van der Waals surface area contributed by atoms with Crippen LogP contribution >= 0.6 is 12.4 Å². The van der Waals surface area contributed by atoms with Crippen molar-refractivity contribution in [1.29, 1.82) is 10.7 Å². The standard InChI is InChI=1S/C8H10N2O.C8H7NO.ClH/c9-8(10)5-6-1-3-7(11)4-2-6;9-6-5-7-1-3-8(10)4-2-7;/h1-4,11H,5H2,(H3,9,10);1-4,10H,5H2;1H. The van der Waals surface area contributed by atoms with Crippen molar-refractivity contribution in [2.24, 2.45) is 5.73 Å². The third kappa shape index (κ3) is 7.78. The van der Waals surface area contributed by atoms with Crippen LogP contribution in [0.15, 0.2) is 48.5 Å². The Balaban J connectivity index is 0.000000385. The van der Waals surface area contributed by atoms with Gasteiger partial charge in [0.05, 0.1) is 18.3 Å². The molecule has 0 saturated heterocycles. The fourth-order valence-electron chi connectivity index (χ4n) is 1.54. The number of nitrogens with one attached hydrogen (secondary N) is 1. The molecule has 0 aliphatic heterocycles. The second-order valence-electron chi connectivity index (χ2n) is 4.37. The Labute approximate surface area is 135 Å². The van der Waals surface area contributed by atoms with Gasteiger partial charge in [0.15, 0.2) is 0 Å². The second-order valence-corrected chi connectivity index (χ2v) is 4.37. The molecule has 0 spiro atoms. The molecule has 0 fully saturated rings. The van der Waals surface area contributed by atoms with Gasteiger partial charge in [-0.2, -0.15) is 5.26 Å². The lowest BCUT2D eigenvalue weighted by Gasteiger charge is -1.98. The van der Waals surface area contributed by atoms with Gasteiger partial charge in [-0.15, -0.1) is 12.4 Å². The van der Waals surface area contributed by atoms with Crippen molar-refractivity contribution in [1.82, 2.24) is 0 Å². The summed E-state index contributed by atoms with van der Waals surface area (Å²) in [5.74, 6) is 0.606. The van der Waals surface area contributed by atoms with Gasteiger partial charge in [0.2, 0.25) is 0 Å². The Kier molecular flexibility index (Phi) is 8.84. The Morgan fingerprint density at radius 2 is 1.36 bits per heavy atom. The van der Waals surface area contributed by atoms with Gasteiger partial charge >= 0.3 is 0 Å². The maximum atomic E-state index is 8.91. The monoisotopic (exact) mass is 319 g/mol. The van der Waals surface area contributed by atoms with E-state index >= 15 is 0 Å². The Morgan fingerprint density at radius 3 is 1.73 bits per heavy atom. The Morgan fingerprint density at radius 1 is 0.955 bits per heavy atom. The van der Waals surface area contributed by atoms with Crippen molar-refractivity contribution in [3.05, 3.63) is 59.7 Å². The number of nitrogens with two attached hydrogens (primary N) is 1. The van der Waals surface area contributed by atoms with Crippen molar-refractivity contribution in [3.63, 3.8) is 0 Å². The average Bonchev–Trinajstić information content (AvgIpc) is 2.44. The first-order chi connectivity index (χ1) is 10.0. The summed E-state index contributed by atoms with van der Waals surface area (Å²) < 4.78 is 0. The van der Waals surface area contributed by atoms with Gasteiger partial charge in [-0.05, 0) is 35.4 Å². The molecule has 116 valence electrons. The number of hydrogen-bond acceptors (Lipinski definition) is 4. The summed E-state index contributed by atoms with van der Waals surface area (Å²) >= 11 is 0. The third-order valence-electron chi connectivity index (χ3n) is 2.55. The smallest absolute Gasteiger partial charge is 0.115 e. The lowest BCUT2D eigenvalue weighted by atomic mass is 10.1. The zero-order valence-corrected chi connectivity index (χ0v) is 12.7. The predicted octanol–water partition coefficient (Wildman–Crippen LogP) is 2.75. The van der Waals surface area contributed by atoms with Crippen LogP contribution < -0.4 is 5.73 Å². The molecule has 0 bridgehead atoms. The third-order valence-corrected chi connectivity index (χ3v) is 2.55. The predicted molar refractivity (Wildman–Crippen MR) is 88.4 cm³/mol. The number of phenolic OH excluding ortho intramolecular Hbond substituents is 2. The van der Waals surface area contributed by atoms with Crippen LogP contribution in [-0.2, 0) is 12.8 Å². The molecule has 0 saturated carbocycles. The quantitative estimate of drug-likeness (QED) is 0.514. The van der Waals surface area contributed by atoms with Crippen molar-refractivity contribution < 1.29 is 10.2 Å². The minimum atomic E-state index is 0. The average molecular weight is 320 g/mol. The number of nitrogens with zero attached hydrogens (tertiary/aromatic N) is 1. The molecule has 0 atom stereocenters. The number of halogens is 1. The number of benzene rings is 2. The van der Waals surface area contributed by atoms with Crippen LogP contribution in [0.1, 0.15) is 11.1 Å². The highest BCUT2D eigenvalue weighted by molar-refractivity contribution is 5.85.